The molecule has 132 valence electrons. The average Bonchev–Trinajstić information content (AvgIpc) is 3.13. The van der Waals surface area contributed by atoms with E-state index in [0.29, 0.717) is 25.8 Å². The highest BCUT2D eigenvalue weighted by molar-refractivity contribution is 6.01. The van der Waals surface area contributed by atoms with Crippen molar-refractivity contribution in [3.8, 4) is 11.8 Å². The van der Waals surface area contributed by atoms with Crippen molar-refractivity contribution in [1.29, 1.82) is 0 Å². The van der Waals surface area contributed by atoms with Gasteiger partial charge in [-0.2, -0.15) is 0 Å². The zero-order valence-corrected chi connectivity index (χ0v) is 14.3. The number of rotatable bonds is 7. The number of unbranched alkanes of at least 4 members (excludes halogenated alkanes) is 3. The summed E-state index contributed by atoms with van der Waals surface area (Å²) in [6.07, 6.45) is 4.52. The second kappa shape index (κ2) is 10.3. The quantitative estimate of drug-likeness (QED) is 0.331. The molecule has 0 unspecified atom stereocenters. The van der Waals surface area contributed by atoms with E-state index >= 15 is 0 Å². The van der Waals surface area contributed by atoms with Gasteiger partial charge in [0.05, 0.1) is 0 Å². The number of ether oxygens (including phenoxy) is 1. The Morgan fingerprint density at radius 3 is 2.80 bits per heavy atom. The van der Waals surface area contributed by atoms with Gasteiger partial charge in [-0.25, -0.2) is 4.79 Å². The van der Waals surface area contributed by atoms with E-state index in [1.807, 2.05) is 30.3 Å². The van der Waals surface area contributed by atoms with E-state index in [1.165, 1.54) is 4.90 Å². The Hall–Kier alpha value is -2.61. The number of carbonyl (C=O) groups is 3. The number of ketones is 1. The Morgan fingerprint density at radius 1 is 1.24 bits per heavy atom. The van der Waals surface area contributed by atoms with Crippen LogP contribution in [0.3, 0.4) is 0 Å². The van der Waals surface area contributed by atoms with Crippen LogP contribution in [0.5, 0.6) is 0 Å². The van der Waals surface area contributed by atoms with Gasteiger partial charge in [0.2, 0.25) is 5.78 Å². The van der Waals surface area contributed by atoms with Crippen LogP contribution in [-0.4, -0.2) is 35.6 Å². The number of nitrogens with zero attached hydrogens (tertiary/aromatic N) is 1. The highest BCUT2D eigenvalue weighted by Gasteiger charge is 2.34. The van der Waals surface area contributed by atoms with Crippen molar-refractivity contribution in [3.05, 3.63) is 35.9 Å². The number of carbonyl (C=O) groups excluding carboxylic acids is 3. The van der Waals surface area contributed by atoms with Gasteiger partial charge in [-0.1, -0.05) is 36.3 Å². The van der Waals surface area contributed by atoms with E-state index in [-0.39, 0.29) is 12.4 Å². The van der Waals surface area contributed by atoms with Crippen LogP contribution in [0.15, 0.2) is 30.3 Å². The molecule has 0 aromatic heterocycles. The molecule has 1 aromatic carbocycles. The van der Waals surface area contributed by atoms with Crippen molar-refractivity contribution in [3.63, 3.8) is 0 Å². The molecule has 1 aliphatic heterocycles. The molecule has 0 spiro atoms. The first-order valence-corrected chi connectivity index (χ1v) is 8.66. The van der Waals surface area contributed by atoms with Gasteiger partial charge in [0.1, 0.15) is 18.9 Å². The number of Topliss-reactive ketones (excluding diaryl/α,β-unsaturated/α-hetero) is 1. The van der Waals surface area contributed by atoms with Crippen LogP contribution in [0, 0.1) is 11.8 Å². The molecular weight excluding hydrogens is 318 g/mol. The number of likely N-dealkylation sites (tertiary alicyclic amines) is 1. The summed E-state index contributed by atoms with van der Waals surface area (Å²) in [5.74, 6) is 5.25. The minimum Gasteiger partial charge on any atom is -0.445 e. The van der Waals surface area contributed by atoms with Crippen LogP contribution in [0.4, 0.5) is 4.79 Å². The van der Waals surface area contributed by atoms with Crippen molar-refractivity contribution in [1.82, 2.24) is 4.90 Å². The molecule has 1 aliphatic rings. The Morgan fingerprint density at radius 2 is 2.04 bits per heavy atom. The van der Waals surface area contributed by atoms with Crippen molar-refractivity contribution in [2.24, 2.45) is 0 Å². The highest BCUT2D eigenvalue weighted by Crippen LogP contribution is 2.19. The molecule has 5 heteroatoms. The first-order chi connectivity index (χ1) is 12.2. The zero-order chi connectivity index (χ0) is 17.9. The molecule has 25 heavy (non-hydrogen) atoms. The van der Waals surface area contributed by atoms with Gasteiger partial charge < -0.3 is 9.53 Å². The predicted molar refractivity (Wildman–Crippen MR) is 93.7 cm³/mol. The third-order valence-electron chi connectivity index (χ3n) is 4.08. The first kappa shape index (κ1) is 18.7. The molecule has 1 amide bonds. The summed E-state index contributed by atoms with van der Waals surface area (Å²) in [5, 5.41) is 0. The van der Waals surface area contributed by atoms with Gasteiger partial charge in [-0.3, -0.25) is 9.69 Å². The van der Waals surface area contributed by atoms with E-state index in [2.05, 4.69) is 11.8 Å². The maximum atomic E-state index is 12.3. The fourth-order valence-corrected chi connectivity index (χ4v) is 2.73. The minimum absolute atomic E-state index is 0.194. The zero-order valence-electron chi connectivity index (χ0n) is 14.3. The van der Waals surface area contributed by atoms with Crippen LogP contribution in [0.2, 0.25) is 0 Å². The third kappa shape index (κ3) is 6.07. The van der Waals surface area contributed by atoms with Crippen LogP contribution in [0.1, 0.15) is 44.1 Å². The number of amides is 1. The molecular formula is C20H23NO4. The predicted octanol–water partition coefficient (Wildman–Crippen LogP) is 3.12. The van der Waals surface area contributed by atoms with Crippen LogP contribution < -0.4 is 0 Å². The lowest BCUT2D eigenvalue weighted by Crippen LogP contribution is -2.40. The van der Waals surface area contributed by atoms with Crippen molar-refractivity contribution in [2.75, 3.05) is 6.54 Å². The Bertz CT molecular complexity index is 645. The lowest BCUT2D eigenvalue weighted by molar-refractivity contribution is -0.117. The second-order valence-corrected chi connectivity index (χ2v) is 5.97. The Labute approximate surface area is 148 Å². The van der Waals surface area contributed by atoms with Gasteiger partial charge in [-0.05, 0) is 37.2 Å². The molecule has 5 nitrogen and oxygen atoms in total. The largest absolute Gasteiger partial charge is 0.445 e. The van der Waals surface area contributed by atoms with Crippen molar-refractivity contribution < 1.29 is 19.1 Å². The van der Waals surface area contributed by atoms with E-state index in [4.69, 9.17) is 4.74 Å². The maximum Gasteiger partial charge on any atom is 0.410 e. The summed E-state index contributed by atoms with van der Waals surface area (Å²) in [5.41, 5.74) is 0.910. The van der Waals surface area contributed by atoms with Gasteiger partial charge >= 0.3 is 6.09 Å². The molecule has 1 atom stereocenters. The van der Waals surface area contributed by atoms with Crippen LogP contribution in [-0.2, 0) is 20.9 Å². The molecule has 0 radical (unpaired) electrons. The first-order valence-electron chi connectivity index (χ1n) is 8.66. The van der Waals surface area contributed by atoms with Gasteiger partial charge in [-0.15, -0.1) is 0 Å². The smallest absolute Gasteiger partial charge is 0.410 e. The molecule has 2 rings (SSSR count). The topological polar surface area (TPSA) is 63.7 Å². The van der Waals surface area contributed by atoms with E-state index in [1.54, 1.807) is 0 Å². The molecule has 0 aliphatic carbocycles. The number of benzene rings is 1. The molecule has 1 fully saturated rings. The standard InChI is InChI=1S/C20H23NO4/c22-15-8-3-1-2-7-13-19(23)18-12-9-14-21(18)20(24)25-16-17-10-5-4-6-11-17/h4-6,10-11,15,18H,1-3,8-9,12,14,16H2/t18-/m0/s1. The number of hydrogen-bond donors (Lipinski definition) is 0. The monoisotopic (exact) mass is 341 g/mol. The fraction of sp³-hybridized carbons (Fsp3) is 0.450. The van der Waals surface area contributed by atoms with E-state index in [0.717, 1.165) is 31.1 Å². The van der Waals surface area contributed by atoms with E-state index in [9.17, 15) is 14.4 Å². The Balaban J connectivity index is 1.82. The molecule has 0 N–H and O–H groups in total. The SMILES string of the molecule is O=CCCCCC#CC(=O)[C@@H]1CCCN1C(=O)OCc1ccccc1. The maximum absolute atomic E-state index is 12.3. The summed E-state index contributed by atoms with van der Waals surface area (Å²) in [4.78, 5) is 36.2. The fourth-order valence-electron chi connectivity index (χ4n) is 2.73. The minimum atomic E-state index is -0.509. The van der Waals surface area contributed by atoms with Gasteiger partial charge in [0, 0.05) is 19.4 Å². The summed E-state index contributed by atoms with van der Waals surface area (Å²) < 4.78 is 5.32. The van der Waals surface area contributed by atoms with E-state index < -0.39 is 12.1 Å². The Kier molecular flexibility index (Phi) is 7.71. The molecule has 1 saturated heterocycles. The average molecular weight is 341 g/mol. The summed E-state index contributed by atoms with van der Waals surface area (Å²) in [7, 11) is 0. The third-order valence-corrected chi connectivity index (χ3v) is 4.08. The summed E-state index contributed by atoms with van der Waals surface area (Å²) in [6.45, 7) is 0.713. The van der Waals surface area contributed by atoms with Crippen molar-refractivity contribution in [2.45, 2.75) is 51.2 Å². The molecule has 0 saturated carbocycles. The molecule has 1 heterocycles. The van der Waals surface area contributed by atoms with Crippen LogP contribution in [0.25, 0.3) is 0 Å². The second-order valence-electron chi connectivity index (χ2n) is 5.97. The lowest BCUT2D eigenvalue weighted by atomic mass is 10.1. The lowest BCUT2D eigenvalue weighted by Gasteiger charge is -2.21. The number of hydrogen-bond acceptors (Lipinski definition) is 4. The summed E-state index contributed by atoms with van der Waals surface area (Å²) in [6, 6.07) is 8.93. The molecule has 1 aromatic rings. The normalized spacial score (nSPS) is 16.0. The summed E-state index contributed by atoms with van der Waals surface area (Å²) >= 11 is 0. The van der Waals surface area contributed by atoms with Crippen LogP contribution >= 0.6 is 0 Å². The van der Waals surface area contributed by atoms with Gasteiger partial charge in [0.25, 0.3) is 0 Å². The van der Waals surface area contributed by atoms with Gasteiger partial charge in [0.15, 0.2) is 0 Å². The number of aldehydes is 1. The highest BCUT2D eigenvalue weighted by atomic mass is 16.6. The van der Waals surface area contributed by atoms with Crippen molar-refractivity contribution >= 4 is 18.2 Å². The molecule has 0 bridgehead atoms.